The average Bonchev–Trinajstić information content (AvgIpc) is 2.31. The highest BCUT2D eigenvalue weighted by atomic mass is 14.8. The molecule has 1 heterocycles. The van der Waals surface area contributed by atoms with Gasteiger partial charge in [-0.25, -0.2) is 4.98 Å². The van der Waals surface area contributed by atoms with Gasteiger partial charge in [-0.1, -0.05) is 45.4 Å². The zero-order chi connectivity index (χ0) is 12.5. The van der Waals surface area contributed by atoms with Crippen molar-refractivity contribution in [3.63, 3.8) is 0 Å². The Balaban J connectivity index is 2.18. The highest BCUT2D eigenvalue weighted by Crippen LogP contribution is 2.17. The van der Waals surface area contributed by atoms with Crippen molar-refractivity contribution in [2.45, 2.75) is 65.2 Å². The van der Waals surface area contributed by atoms with Crippen molar-refractivity contribution in [1.29, 1.82) is 0 Å². The van der Waals surface area contributed by atoms with Crippen LogP contribution in [0.25, 0.3) is 0 Å². The maximum atomic E-state index is 5.89. The summed E-state index contributed by atoms with van der Waals surface area (Å²) in [5.74, 6) is 0.719. The summed E-state index contributed by atoms with van der Waals surface area (Å²) in [6, 6.07) is 2.05. The Labute approximate surface area is 106 Å². The maximum Gasteiger partial charge on any atom is 0.126 e. The third-order valence-corrected chi connectivity index (χ3v) is 3.35. The molecule has 0 saturated heterocycles. The fraction of sp³-hybridized carbons (Fsp3) is 0.667. The third-order valence-electron chi connectivity index (χ3n) is 3.35. The Morgan fingerprint density at radius 3 is 2.35 bits per heavy atom. The second-order valence-electron chi connectivity index (χ2n) is 4.86. The van der Waals surface area contributed by atoms with E-state index < -0.39 is 0 Å². The predicted molar refractivity (Wildman–Crippen MR) is 75.1 cm³/mol. The molecule has 96 valence electrons. The molecule has 0 fully saturated rings. The molecule has 0 amide bonds. The standard InChI is InChI=1S/C15H26N2/c1-3-4-5-6-7-8-9-10-14-13(2)11-12-17-15(14)16/h11-12H,3-10H2,1-2H3,(H2,16,17). The fourth-order valence-electron chi connectivity index (χ4n) is 2.19. The highest BCUT2D eigenvalue weighted by Gasteiger charge is 2.03. The molecule has 0 spiro atoms. The minimum atomic E-state index is 0.719. The van der Waals surface area contributed by atoms with E-state index in [0.29, 0.717) is 0 Å². The number of rotatable bonds is 8. The van der Waals surface area contributed by atoms with E-state index in [-0.39, 0.29) is 0 Å². The molecular formula is C15H26N2. The van der Waals surface area contributed by atoms with E-state index in [1.54, 1.807) is 6.20 Å². The molecule has 0 atom stereocenters. The number of aromatic nitrogens is 1. The molecule has 1 aromatic rings. The molecule has 0 aliphatic carbocycles. The van der Waals surface area contributed by atoms with Crippen LogP contribution < -0.4 is 5.73 Å². The van der Waals surface area contributed by atoms with Gasteiger partial charge in [0.05, 0.1) is 0 Å². The number of anilines is 1. The van der Waals surface area contributed by atoms with Crippen molar-refractivity contribution in [3.05, 3.63) is 23.4 Å². The molecule has 17 heavy (non-hydrogen) atoms. The van der Waals surface area contributed by atoms with Gasteiger partial charge in [0.1, 0.15) is 5.82 Å². The molecule has 0 bridgehead atoms. The number of nitrogens with zero attached hydrogens (tertiary/aromatic N) is 1. The quantitative estimate of drug-likeness (QED) is 0.682. The van der Waals surface area contributed by atoms with E-state index >= 15 is 0 Å². The molecule has 1 rings (SSSR count). The van der Waals surface area contributed by atoms with Gasteiger partial charge in [0, 0.05) is 6.20 Å². The Bertz CT molecular complexity index is 300. The average molecular weight is 234 g/mol. The number of hydrogen-bond donors (Lipinski definition) is 1. The summed E-state index contributed by atoms with van der Waals surface area (Å²) in [7, 11) is 0. The summed E-state index contributed by atoms with van der Waals surface area (Å²) in [6.07, 6.45) is 12.3. The topological polar surface area (TPSA) is 38.9 Å². The molecular weight excluding hydrogens is 208 g/mol. The van der Waals surface area contributed by atoms with Crippen LogP contribution in [-0.2, 0) is 6.42 Å². The first-order chi connectivity index (χ1) is 8.25. The smallest absolute Gasteiger partial charge is 0.126 e. The first-order valence-corrected chi connectivity index (χ1v) is 6.95. The summed E-state index contributed by atoms with van der Waals surface area (Å²) in [6.45, 7) is 4.38. The number of pyridine rings is 1. The van der Waals surface area contributed by atoms with Gasteiger partial charge in [0.15, 0.2) is 0 Å². The van der Waals surface area contributed by atoms with Gasteiger partial charge >= 0.3 is 0 Å². The molecule has 1 aromatic heterocycles. The van der Waals surface area contributed by atoms with Crippen LogP contribution in [0.4, 0.5) is 5.82 Å². The monoisotopic (exact) mass is 234 g/mol. The summed E-state index contributed by atoms with van der Waals surface area (Å²) >= 11 is 0. The van der Waals surface area contributed by atoms with E-state index in [2.05, 4.69) is 18.8 Å². The van der Waals surface area contributed by atoms with Crippen molar-refractivity contribution in [2.75, 3.05) is 5.73 Å². The van der Waals surface area contributed by atoms with Crippen LogP contribution in [0, 0.1) is 6.92 Å². The molecule has 0 aromatic carbocycles. The Hall–Kier alpha value is -1.05. The Morgan fingerprint density at radius 2 is 1.71 bits per heavy atom. The van der Waals surface area contributed by atoms with Crippen LogP contribution in [0.15, 0.2) is 12.3 Å². The van der Waals surface area contributed by atoms with E-state index in [4.69, 9.17) is 5.73 Å². The summed E-state index contributed by atoms with van der Waals surface area (Å²) in [5, 5.41) is 0. The van der Waals surface area contributed by atoms with Crippen LogP contribution >= 0.6 is 0 Å². The summed E-state index contributed by atoms with van der Waals surface area (Å²) < 4.78 is 0. The summed E-state index contributed by atoms with van der Waals surface area (Å²) in [4.78, 5) is 4.16. The number of aryl methyl sites for hydroxylation is 1. The highest BCUT2D eigenvalue weighted by molar-refractivity contribution is 5.43. The maximum absolute atomic E-state index is 5.89. The van der Waals surface area contributed by atoms with Gasteiger partial charge in [0.2, 0.25) is 0 Å². The van der Waals surface area contributed by atoms with E-state index in [0.717, 1.165) is 12.2 Å². The first kappa shape index (κ1) is 14.0. The van der Waals surface area contributed by atoms with Crippen LogP contribution in [-0.4, -0.2) is 4.98 Å². The fourth-order valence-corrected chi connectivity index (χ4v) is 2.19. The third kappa shape index (κ3) is 5.20. The van der Waals surface area contributed by atoms with E-state index in [1.165, 1.54) is 56.1 Å². The van der Waals surface area contributed by atoms with E-state index in [1.807, 2.05) is 6.07 Å². The molecule has 2 heteroatoms. The molecule has 0 saturated carbocycles. The largest absolute Gasteiger partial charge is 0.383 e. The van der Waals surface area contributed by atoms with Crippen molar-refractivity contribution in [3.8, 4) is 0 Å². The number of unbranched alkanes of at least 4 members (excludes halogenated alkanes) is 6. The molecule has 0 unspecified atom stereocenters. The van der Waals surface area contributed by atoms with Crippen molar-refractivity contribution in [2.24, 2.45) is 0 Å². The number of nitrogen functional groups attached to an aromatic ring is 1. The second kappa shape index (κ2) is 8.10. The molecule has 2 nitrogen and oxygen atoms in total. The van der Waals surface area contributed by atoms with Crippen molar-refractivity contribution in [1.82, 2.24) is 4.98 Å². The minimum absolute atomic E-state index is 0.719. The SMILES string of the molecule is CCCCCCCCCc1c(C)ccnc1N. The molecule has 0 radical (unpaired) electrons. The lowest BCUT2D eigenvalue weighted by molar-refractivity contribution is 0.589. The summed E-state index contributed by atoms with van der Waals surface area (Å²) in [5.41, 5.74) is 8.42. The van der Waals surface area contributed by atoms with Gasteiger partial charge in [-0.15, -0.1) is 0 Å². The lowest BCUT2D eigenvalue weighted by Crippen LogP contribution is -2.00. The lowest BCUT2D eigenvalue weighted by Gasteiger charge is -2.08. The van der Waals surface area contributed by atoms with Crippen molar-refractivity contribution >= 4 is 5.82 Å². The minimum Gasteiger partial charge on any atom is -0.383 e. The van der Waals surface area contributed by atoms with Crippen LogP contribution in [0.2, 0.25) is 0 Å². The van der Waals surface area contributed by atoms with Crippen LogP contribution in [0.3, 0.4) is 0 Å². The lowest BCUT2D eigenvalue weighted by atomic mass is 10.0. The van der Waals surface area contributed by atoms with E-state index in [9.17, 15) is 0 Å². The van der Waals surface area contributed by atoms with Gasteiger partial charge in [-0.3, -0.25) is 0 Å². The zero-order valence-corrected chi connectivity index (χ0v) is 11.3. The van der Waals surface area contributed by atoms with Gasteiger partial charge in [0.25, 0.3) is 0 Å². The normalized spacial score (nSPS) is 10.7. The van der Waals surface area contributed by atoms with Gasteiger partial charge in [-0.2, -0.15) is 0 Å². The second-order valence-corrected chi connectivity index (χ2v) is 4.86. The predicted octanol–water partition coefficient (Wildman–Crippen LogP) is 4.27. The van der Waals surface area contributed by atoms with Crippen LogP contribution in [0.1, 0.15) is 63.0 Å². The Morgan fingerprint density at radius 1 is 1.06 bits per heavy atom. The van der Waals surface area contributed by atoms with Gasteiger partial charge < -0.3 is 5.73 Å². The zero-order valence-electron chi connectivity index (χ0n) is 11.3. The number of nitrogens with two attached hydrogens (primary N) is 1. The first-order valence-electron chi connectivity index (χ1n) is 6.95. The van der Waals surface area contributed by atoms with Crippen molar-refractivity contribution < 1.29 is 0 Å². The van der Waals surface area contributed by atoms with Gasteiger partial charge in [-0.05, 0) is 37.0 Å². The number of hydrogen-bond acceptors (Lipinski definition) is 2. The molecule has 0 aliphatic rings. The Kier molecular flexibility index (Phi) is 6.68. The molecule has 2 N–H and O–H groups in total. The van der Waals surface area contributed by atoms with Crippen LogP contribution in [0.5, 0.6) is 0 Å². The molecule has 0 aliphatic heterocycles.